The molecule has 1 saturated carbocycles. The Morgan fingerprint density at radius 1 is 1.33 bits per heavy atom. The molecule has 5 heteroatoms. The molecule has 1 aromatic carbocycles. The topological polar surface area (TPSA) is 67.8 Å². The normalized spacial score (nSPS) is 17.4. The first-order valence-electron chi connectivity index (χ1n) is 7.32. The molecule has 0 saturated heterocycles. The van der Waals surface area contributed by atoms with Crippen molar-refractivity contribution in [1.29, 1.82) is 0 Å². The molecule has 5 nitrogen and oxygen atoms in total. The fraction of sp³-hybridized carbons (Fsp3) is 0.562. The molecule has 0 aromatic heterocycles. The highest BCUT2D eigenvalue weighted by Crippen LogP contribution is 2.29. The van der Waals surface area contributed by atoms with Gasteiger partial charge in [-0.15, -0.1) is 0 Å². The van der Waals surface area contributed by atoms with Crippen molar-refractivity contribution in [3.8, 4) is 0 Å². The van der Waals surface area contributed by atoms with Gasteiger partial charge in [-0.1, -0.05) is 30.3 Å². The van der Waals surface area contributed by atoms with Gasteiger partial charge in [-0.05, 0) is 24.8 Å². The summed E-state index contributed by atoms with van der Waals surface area (Å²) < 4.78 is 10.6. The maximum atomic E-state index is 11.9. The Kier molecular flexibility index (Phi) is 5.73. The third-order valence-corrected chi connectivity index (χ3v) is 3.62. The first-order valence-corrected chi connectivity index (χ1v) is 7.32. The number of hydrogen-bond donors (Lipinski definition) is 2. The molecule has 1 aliphatic carbocycles. The van der Waals surface area contributed by atoms with Gasteiger partial charge in [-0.2, -0.15) is 0 Å². The fourth-order valence-electron chi connectivity index (χ4n) is 2.28. The predicted octanol–water partition coefficient (Wildman–Crippen LogP) is 1.77. The lowest BCUT2D eigenvalue weighted by Crippen LogP contribution is -2.53. The zero-order valence-corrected chi connectivity index (χ0v) is 12.4. The minimum absolute atomic E-state index is 0.118. The van der Waals surface area contributed by atoms with Crippen molar-refractivity contribution in [2.24, 2.45) is 0 Å². The first kappa shape index (κ1) is 15.9. The summed E-state index contributed by atoms with van der Waals surface area (Å²) in [7, 11) is 1.64. The average molecular weight is 293 g/mol. The predicted molar refractivity (Wildman–Crippen MR) is 79.2 cm³/mol. The summed E-state index contributed by atoms with van der Waals surface area (Å²) in [5, 5.41) is 13.0. The number of methoxy groups -OCH3 is 1. The molecule has 1 atom stereocenters. The molecule has 0 aliphatic heterocycles. The Morgan fingerprint density at radius 2 is 2.05 bits per heavy atom. The van der Waals surface area contributed by atoms with E-state index in [0.717, 1.165) is 24.8 Å². The second-order valence-electron chi connectivity index (χ2n) is 5.39. The standard InChI is InChI=1S/C16H23NO4/c1-20-10-5-11-21-12-16(15(18)19,17-14-8-9-14)13-6-3-2-4-7-13/h2-4,6-7,14,17H,5,8-12H2,1H3,(H,18,19). The Balaban J connectivity index is 2.09. The lowest BCUT2D eigenvalue weighted by atomic mass is 9.90. The molecule has 0 heterocycles. The van der Waals surface area contributed by atoms with Crippen molar-refractivity contribution in [2.45, 2.75) is 30.8 Å². The molecule has 0 bridgehead atoms. The smallest absolute Gasteiger partial charge is 0.331 e. The molecule has 0 amide bonds. The average Bonchev–Trinajstić information content (AvgIpc) is 3.30. The van der Waals surface area contributed by atoms with Crippen molar-refractivity contribution in [3.05, 3.63) is 35.9 Å². The number of aliphatic carboxylic acids is 1. The maximum Gasteiger partial charge on any atom is 0.331 e. The molecule has 0 spiro atoms. The molecular weight excluding hydrogens is 270 g/mol. The number of carbonyl (C=O) groups is 1. The van der Waals surface area contributed by atoms with Crippen LogP contribution in [0.5, 0.6) is 0 Å². The number of nitrogens with one attached hydrogen (secondary N) is 1. The van der Waals surface area contributed by atoms with E-state index >= 15 is 0 Å². The second-order valence-corrected chi connectivity index (χ2v) is 5.39. The van der Waals surface area contributed by atoms with E-state index in [1.165, 1.54) is 0 Å². The third-order valence-electron chi connectivity index (χ3n) is 3.62. The van der Waals surface area contributed by atoms with Crippen LogP contribution in [0.2, 0.25) is 0 Å². The van der Waals surface area contributed by atoms with Crippen LogP contribution in [-0.2, 0) is 19.8 Å². The van der Waals surface area contributed by atoms with E-state index in [0.29, 0.717) is 13.2 Å². The Bertz CT molecular complexity index is 447. The van der Waals surface area contributed by atoms with Crippen molar-refractivity contribution in [2.75, 3.05) is 26.9 Å². The van der Waals surface area contributed by atoms with Gasteiger partial charge in [0.1, 0.15) is 0 Å². The molecule has 1 unspecified atom stereocenters. The van der Waals surface area contributed by atoms with Crippen LogP contribution in [0.3, 0.4) is 0 Å². The lowest BCUT2D eigenvalue weighted by molar-refractivity contribution is -0.148. The Hall–Kier alpha value is -1.43. The lowest BCUT2D eigenvalue weighted by Gasteiger charge is -2.31. The quantitative estimate of drug-likeness (QED) is 0.644. The van der Waals surface area contributed by atoms with Crippen LogP contribution >= 0.6 is 0 Å². The molecule has 1 fully saturated rings. The molecule has 0 radical (unpaired) electrons. The van der Waals surface area contributed by atoms with Crippen LogP contribution in [0.15, 0.2) is 30.3 Å². The summed E-state index contributed by atoms with van der Waals surface area (Å²) in [6, 6.07) is 9.53. The zero-order valence-electron chi connectivity index (χ0n) is 12.4. The van der Waals surface area contributed by atoms with Gasteiger partial charge in [0.05, 0.1) is 6.61 Å². The number of rotatable bonds is 10. The van der Waals surface area contributed by atoms with Gasteiger partial charge in [0.25, 0.3) is 0 Å². The summed E-state index contributed by atoms with van der Waals surface area (Å²) in [6.45, 7) is 1.22. The van der Waals surface area contributed by atoms with Gasteiger partial charge in [0.2, 0.25) is 0 Å². The van der Waals surface area contributed by atoms with E-state index in [-0.39, 0.29) is 12.6 Å². The first-order chi connectivity index (χ1) is 10.2. The fourth-order valence-corrected chi connectivity index (χ4v) is 2.28. The molecule has 21 heavy (non-hydrogen) atoms. The highest BCUT2D eigenvalue weighted by atomic mass is 16.5. The van der Waals surface area contributed by atoms with Gasteiger partial charge in [0.15, 0.2) is 5.54 Å². The van der Waals surface area contributed by atoms with Crippen LogP contribution in [0.4, 0.5) is 0 Å². The van der Waals surface area contributed by atoms with Crippen LogP contribution in [0.25, 0.3) is 0 Å². The van der Waals surface area contributed by atoms with Crippen LogP contribution in [0.1, 0.15) is 24.8 Å². The summed E-state index contributed by atoms with van der Waals surface area (Å²) in [5.74, 6) is -0.896. The Morgan fingerprint density at radius 3 is 2.62 bits per heavy atom. The molecule has 1 aliphatic rings. The van der Waals surface area contributed by atoms with Gasteiger partial charge in [0, 0.05) is 26.4 Å². The van der Waals surface area contributed by atoms with E-state index in [4.69, 9.17) is 9.47 Å². The van der Waals surface area contributed by atoms with E-state index in [1.807, 2.05) is 30.3 Å². The molecular formula is C16H23NO4. The van der Waals surface area contributed by atoms with E-state index < -0.39 is 11.5 Å². The van der Waals surface area contributed by atoms with Crippen LogP contribution < -0.4 is 5.32 Å². The molecule has 2 rings (SSSR count). The SMILES string of the molecule is COCCCOCC(NC1CC1)(C(=O)O)c1ccccc1. The van der Waals surface area contributed by atoms with E-state index in [2.05, 4.69) is 5.32 Å². The molecule has 116 valence electrons. The highest BCUT2D eigenvalue weighted by Gasteiger charge is 2.44. The minimum atomic E-state index is -1.17. The third kappa shape index (κ3) is 4.27. The monoisotopic (exact) mass is 293 g/mol. The van der Waals surface area contributed by atoms with Gasteiger partial charge < -0.3 is 14.6 Å². The number of ether oxygens (including phenoxy) is 2. The number of carboxylic acid groups (broad SMARTS) is 1. The second kappa shape index (κ2) is 7.54. The van der Waals surface area contributed by atoms with E-state index in [1.54, 1.807) is 7.11 Å². The largest absolute Gasteiger partial charge is 0.480 e. The Labute approximate surface area is 125 Å². The van der Waals surface area contributed by atoms with Crippen molar-refractivity contribution in [1.82, 2.24) is 5.32 Å². The number of benzene rings is 1. The summed E-state index contributed by atoms with van der Waals surface area (Å²) >= 11 is 0. The highest BCUT2D eigenvalue weighted by molar-refractivity contribution is 5.81. The summed E-state index contributed by atoms with van der Waals surface area (Å²) in [4.78, 5) is 11.9. The minimum Gasteiger partial charge on any atom is -0.480 e. The van der Waals surface area contributed by atoms with E-state index in [9.17, 15) is 9.90 Å². The molecule has 1 aromatic rings. The molecule has 2 N–H and O–H groups in total. The van der Waals surface area contributed by atoms with Crippen molar-refractivity contribution >= 4 is 5.97 Å². The van der Waals surface area contributed by atoms with Crippen LogP contribution in [0, 0.1) is 0 Å². The summed E-state index contributed by atoms with van der Waals surface area (Å²) in [5.41, 5.74) is -0.439. The maximum absolute atomic E-state index is 11.9. The zero-order chi connectivity index (χ0) is 15.1. The summed E-state index contributed by atoms with van der Waals surface area (Å²) in [6.07, 6.45) is 2.79. The number of hydrogen-bond acceptors (Lipinski definition) is 4. The van der Waals surface area contributed by atoms with Crippen molar-refractivity contribution in [3.63, 3.8) is 0 Å². The van der Waals surface area contributed by atoms with Gasteiger partial charge >= 0.3 is 5.97 Å². The number of carboxylic acids is 1. The van der Waals surface area contributed by atoms with Crippen LogP contribution in [-0.4, -0.2) is 44.0 Å². The van der Waals surface area contributed by atoms with Gasteiger partial charge in [-0.3, -0.25) is 5.32 Å². The van der Waals surface area contributed by atoms with Gasteiger partial charge in [-0.25, -0.2) is 4.79 Å². The van der Waals surface area contributed by atoms with Crippen molar-refractivity contribution < 1.29 is 19.4 Å².